The van der Waals surface area contributed by atoms with Crippen LogP contribution in [0, 0.1) is 24.7 Å². The van der Waals surface area contributed by atoms with Crippen LogP contribution in [0.5, 0.6) is 0 Å². The van der Waals surface area contributed by atoms with Gasteiger partial charge in [0.25, 0.3) is 0 Å². The molecule has 0 bridgehead atoms. The number of benzene rings is 6. The van der Waals surface area contributed by atoms with Crippen molar-refractivity contribution >= 4 is 47.7 Å². The van der Waals surface area contributed by atoms with Gasteiger partial charge in [-0.15, -0.1) is 0 Å². The Morgan fingerprint density at radius 1 is 0.353 bits per heavy atom. The van der Waals surface area contributed by atoms with Gasteiger partial charge in [-0.05, 0) is 75.4 Å². The van der Waals surface area contributed by atoms with E-state index in [-0.39, 0.29) is 21.1 Å². The minimum Gasteiger partial charge on any atom is -0.691 e. The van der Waals surface area contributed by atoms with E-state index < -0.39 is 27.0 Å². The molecule has 0 saturated carbocycles. The van der Waals surface area contributed by atoms with E-state index in [1.807, 2.05) is 11.8 Å². The molecule has 0 fully saturated rings. The summed E-state index contributed by atoms with van der Waals surface area (Å²) >= 11 is 0. The average Bonchev–Trinajstić information content (AvgIpc) is 3.15. The summed E-state index contributed by atoms with van der Waals surface area (Å²) in [5, 5.41) is 25.4. The van der Waals surface area contributed by atoms with Crippen molar-refractivity contribution in [2.75, 3.05) is 0 Å². The van der Waals surface area contributed by atoms with Crippen LogP contribution < -0.4 is 31.8 Å². The summed E-state index contributed by atoms with van der Waals surface area (Å²) < 4.78 is 0. The van der Waals surface area contributed by atoms with Crippen molar-refractivity contribution in [3.8, 4) is 11.8 Å². The molecular weight excluding hydrogens is 842 g/mol. The van der Waals surface area contributed by atoms with Gasteiger partial charge in [-0.2, -0.15) is 0 Å². The maximum absolute atomic E-state index is 8.53. The van der Waals surface area contributed by atoms with E-state index in [0.29, 0.717) is 0 Å². The first-order valence-corrected chi connectivity index (χ1v) is 18.9. The van der Waals surface area contributed by atoms with E-state index >= 15 is 0 Å². The van der Waals surface area contributed by atoms with E-state index in [1.54, 1.807) is 0 Å². The van der Waals surface area contributed by atoms with Gasteiger partial charge in [0, 0.05) is 0 Å². The van der Waals surface area contributed by atoms with Crippen LogP contribution >= 0.6 is 15.8 Å². The quantitative estimate of drug-likeness (QED) is 0.103. The molecule has 0 aliphatic heterocycles. The molecule has 6 aromatic rings. The topological polar surface area (TPSA) is 40.5 Å². The first-order valence-electron chi connectivity index (χ1n) is 16.3. The third-order valence-electron chi connectivity index (χ3n) is 6.70. The second-order valence-electron chi connectivity index (χ2n) is 12.1. The summed E-state index contributed by atoms with van der Waals surface area (Å²) in [7, 11) is -0.892. The van der Waals surface area contributed by atoms with Gasteiger partial charge in [0.15, 0.2) is 0 Å². The second kappa shape index (κ2) is 22.7. The van der Waals surface area contributed by atoms with Crippen LogP contribution in [-0.4, -0.2) is 21.4 Å². The van der Waals surface area contributed by atoms with Crippen molar-refractivity contribution in [3.63, 3.8) is 0 Å². The van der Waals surface area contributed by atoms with E-state index in [2.05, 4.69) is 182 Å². The van der Waals surface area contributed by atoms with Crippen molar-refractivity contribution in [2.45, 2.75) is 38.9 Å². The standard InChI is InChI=1S/2C18H15P.2C5H7O.Pt/c2*1-4-10-16(11-5-1)19(17-12-6-2-7-13-17)18-14-8-3-9-15-18;2*1-4-5(2,3)6;/h2*1-15H;2*6H,2-3H3;/q;;2*-1;+2. The first-order chi connectivity index (χ1) is 24.0. The van der Waals surface area contributed by atoms with Gasteiger partial charge >= 0.3 is 21.1 Å². The monoisotopic (exact) mass is 885 g/mol. The first kappa shape index (κ1) is 43.1. The predicted octanol–water partition coefficient (Wildman–Crippen LogP) is 7.58. The summed E-state index contributed by atoms with van der Waals surface area (Å²) in [6, 6.07) is 64.7. The van der Waals surface area contributed by atoms with Crippen LogP contribution in [0.15, 0.2) is 182 Å². The van der Waals surface area contributed by atoms with Crippen molar-refractivity contribution < 1.29 is 31.3 Å². The van der Waals surface area contributed by atoms with Gasteiger partial charge in [-0.25, -0.2) is 0 Å². The minimum atomic E-state index is -1.04. The molecule has 0 amide bonds. The van der Waals surface area contributed by atoms with Crippen LogP contribution in [0.2, 0.25) is 0 Å². The third kappa shape index (κ3) is 16.2. The van der Waals surface area contributed by atoms with E-state index in [4.69, 9.17) is 23.1 Å². The zero-order chi connectivity index (χ0) is 36.2. The Kier molecular flexibility index (Phi) is 19.1. The predicted molar refractivity (Wildman–Crippen MR) is 217 cm³/mol. The van der Waals surface area contributed by atoms with E-state index in [1.165, 1.54) is 59.5 Å². The van der Waals surface area contributed by atoms with Crippen molar-refractivity contribution in [3.05, 3.63) is 195 Å². The zero-order valence-corrected chi connectivity index (χ0v) is 33.5. The number of rotatable bonds is 6. The van der Waals surface area contributed by atoms with Crippen LogP contribution in [-0.2, 0) is 21.1 Å². The third-order valence-corrected chi connectivity index (χ3v) is 11.6. The van der Waals surface area contributed by atoms with E-state index in [9.17, 15) is 0 Å². The molecule has 0 atom stereocenters. The van der Waals surface area contributed by atoms with Crippen LogP contribution in [0.1, 0.15) is 27.7 Å². The molecule has 51 heavy (non-hydrogen) atoms. The Labute approximate surface area is 322 Å². The SMILES string of the molecule is [C-]#CC(C)(C)O.[C-]#CC(C)(C)O.[Pt+2].c1ccc(P(c2ccccc2)c2ccccc2)cc1.c1ccc(P(c2ccccc2)c2ccccc2)cc1. The van der Waals surface area contributed by atoms with Gasteiger partial charge in [-0.1, -0.05) is 182 Å². The van der Waals surface area contributed by atoms with Gasteiger partial charge in [-0.3, -0.25) is 0 Å². The van der Waals surface area contributed by atoms with Gasteiger partial charge in [0.1, 0.15) is 0 Å². The normalized spacial score (nSPS) is 10.3. The maximum Gasteiger partial charge on any atom is 2.00 e. The Morgan fingerprint density at radius 3 is 0.569 bits per heavy atom. The van der Waals surface area contributed by atoms with Crippen molar-refractivity contribution in [2.24, 2.45) is 0 Å². The number of hydrogen-bond acceptors (Lipinski definition) is 2. The fraction of sp³-hybridized carbons (Fsp3) is 0.130. The molecule has 2 N–H and O–H groups in total. The molecule has 0 unspecified atom stereocenters. The fourth-order valence-corrected chi connectivity index (χ4v) is 8.97. The minimum absolute atomic E-state index is 0. The summed E-state index contributed by atoms with van der Waals surface area (Å²) in [5.74, 6) is 3.82. The maximum atomic E-state index is 8.53. The van der Waals surface area contributed by atoms with Crippen LogP contribution in [0.3, 0.4) is 0 Å². The van der Waals surface area contributed by atoms with Crippen LogP contribution in [0.25, 0.3) is 0 Å². The number of aliphatic hydroxyl groups is 2. The Hall–Kier alpha value is -4.09. The smallest absolute Gasteiger partial charge is 0.691 e. The summed E-state index contributed by atoms with van der Waals surface area (Å²) in [5.41, 5.74) is -2.08. The second-order valence-corrected chi connectivity index (χ2v) is 16.5. The zero-order valence-electron chi connectivity index (χ0n) is 29.4. The van der Waals surface area contributed by atoms with Gasteiger partial charge < -0.3 is 34.9 Å². The van der Waals surface area contributed by atoms with Gasteiger partial charge in [0.2, 0.25) is 0 Å². The molecule has 6 rings (SSSR count). The van der Waals surface area contributed by atoms with Crippen LogP contribution in [0.4, 0.5) is 0 Å². The molecule has 2 nitrogen and oxygen atoms in total. The Balaban J connectivity index is 0.000000266. The molecule has 260 valence electrons. The largest absolute Gasteiger partial charge is 2.00 e. The molecule has 0 saturated heterocycles. The average molecular weight is 886 g/mol. The molecule has 6 aromatic carbocycles. The summed E-state index contributed by atoms with van der Waals surface area (Å²) in [6.45, 7) is 6.00. The van der Waals surface area contributed by atoms with Crippen molar-refractivity contribution in [1.29, 1.82) is 0 Å². The fourth-order valence-electron chi connectivity index (χ4n) is 4.36. The molecule has 0 aliphatic rings. The molecule has 0 spiro atoms. The molecule has 5 heteroatoms. The van der Waals surface area contributed by atoms with E-state index in [0.717, 1.165) is 0 Å². The summed E-state index contributed by atoms with van der Waals surface area (Å²) in [6.07, 6.45) is 12.7. The van der Waals surface area contributed by atoms with Crippen molar-refractivity contribution in [1.82, 2.24) is 0 Å². The Bertz CT molecular complexity index is 1530. The number of hydrogen-bond donors (Lipinski definition) is 2. The molecule has 0 heterocycles. The molecule has 0 aliphatic carbocycles. The summed E-state index contributed by atoms with van der Waals surface area (Å²) in [4.78, 5) is 0. The molecule has 0 aromatic heterocycles. The molecule has 0 radical (unpaired) electrons. The van der Waals surface area contributed by atoms with Gasteiger partial charge in [0.05, 0.1) is 11.2 Å². The Morgan fingerprint density at radius 2 is 0.471 bits per heavy atom. The molecular formula is C46H44O2P2Pt.